The number of aliphatic hydroxyl groups excluding tert-OH is 1. The van der Waals surface area contributed by atoms with Gasteiger partial charge < -0.3 is 10.4 Å². The molecular weight excluding hydrogens is 340 g/mol. The lowest BCUT2D eigenvalue weighted by molar-refractivity contribution is 0.157. The van der Waals surface area contributed by atoms with Crippen LogP contribution in [-0.2, 0) is 6.54 Å². The third-order valence-electron chi connectivity index (χ3n) is 3.69. The lowest BCUT2D eigenvalue weighted by Crippen LogP contribution is -2.37. The molecule has 1 heterocycles. The van der Waals surface area contributed by atoms with Crippen LogP contribution in [0.5, 0.6) is 0 Å². The zero-order valence-electron chi connectivity index (χ0n) is 11.7. The van der Waals surface area contributed by atoms with Gasteiger partial charge in [-0.05, 0) is 49.5 Å². The van der Waals surface area contributed by atoms with Crippen LogP contribution in [-0.4, -0.2) is 42.8 Å². The van der Waals surface area contributed by atoms with Gasteiger partial charge in [-0.15, -0.1) is 12.4 Å². The standard InChI is InChI=1S/C15H23BrN2O.ClH/c16-15-3-1-2-14(10-15)12-18(8-9-19)11-13-4-6-17-7-5-13;/h1-3,10,13,17,19H,4-9,11-12H2;1H. The Morgan fingerprint density at radius 2 is 2.05 bits per heavy atom. The first-order chi connectivity index (χ1) is 9.28. The van der Waals surface area contributed by atoms with Crippen molar-refractivity contribution in [3.63, 3.8) is 0 Å². The van der Waals surface area contributed by atoms with E-state index >= 15 is 0 Å². The Hall–Kier alpha value is -0.130. The molecule has 20 heavy (non-hydrogen) atoms. The van der Waals surface area contributed by atoms with E-state index in [2.05, 4.69) is 44.3 Å². The van der Waals surface area contributed by atoms with Gasteiger partial charge in [-0.25, -0.2) is 0 Å². The van der Waals surface area contributed by atoms with Gasteiger partial charge in [0.15, 0.2) is 0 Å². The molecule has 0 radical (unpaired) electrons. The monoisotopic (exact) mass is 362 g/mol. The summed E-state index contributed by atoms with van der Waals surface area (Å²) in [6.45, 7) is 5.27. The summed E-state index contributed by atoms with van der Waals surface area (Å²) in [6, 6.07) is 8.43. The van der Waals surface area contributed by atoms with E-state index in [1.165, 1.54) is 18.4 Å². The van der Waals surface area contributed by atoms with Gasteiger partial charge in [-0.2, -0.15) is 0 Å². The van der Waals surface area contributed by atoms with Crippen molar-refractivity contribution in [1.82, 2.24) is 10.2 Å². The maximum Gasteiger partial charge on any atom is 0.0558 e. The third-order valence-corrected chi connectivity index (χ3v) is 4.18. The topological polar surface area (TPSA) is 35.5 Å². The minimum atomic E-state index is 0. The molecule has 1 saturated heterocycles. The van der Waals surface area contributed by atoms with Crippen LogP contribution >= 0.6 is 28.3 Å². The summed E-state index contributed by atoms with van der Waals surface area (Å²) >= 11 is 3.51. The minimum absolute atomic E-state index is 0. The first-order valence-corrected chi connectivity index (χ1v) is 7.85. The van der Waals surface area contributed by atoms with E-state index in [-0.39, 0.29) is 19.0 Å². The van der Waals surface area contributed by atoms with Crippen molar-refractivity contribution >= 4 is 28.3 Å². The van der Waals surface area contributed by atoms with E-state index in [4.69, 9.17) is 0 Å². The van der Waals surface area contributed by atoms with E-state index in [0.717, 1.165) is 43.1 Å². The van der Waals surface area contributed by atoms with Crippen LogP contribution in [0.15, 0.2) is 28.7 Å². The van der Waals surface area contributed by atoms with Crippen molar-refractivity contribution in [1.29, 1.82) is 0 Å². The van der Waals surface area contributed by atoms with Crippen LogP contribution in [0.25, 0.3) is 0 Å². The Bertz CT molecular complexity index is 386. The van der Waals surface area contributed by atoms with Gasteiger partial charge in [0.05, 0.1) is 6.61 Å². The second-order valence-corrected chi connectivity index (χ2v) is 6.20. The van der Waals surface area contributed by atoms with Gasteiger partial charge >= 0.3 is 0 Å². The Morgan fingerprint density at radius 1 is 1.30 bits per heavy atom. The minimum Gasteiger partial charge on any atom is -0.395 e. The molecule has 1 aliphatic rings. The maximum absolute atomic E-state index is 9.24. The zero-order valence-corrected chi connectivity index (χ0v) is 14.1. The molecule has 0 aliphatic carbocycles. The van der Waals surface area contributed by atoms with Crippen molar-refractivity contribution in [2.24, 2.45) is 5.92 Å². The number of hydrogen-bond donors (Lipinski definition) is 2. The molecule has 0 aromatic heterocycles. The SMILES string of the molecule is Cl.OCCN(Cc1cccc(Br)c1)CC1CCNCC1. The molecule has 0 atom stereocenters. The van der Waals surface area contributed by atoms with E-state index < -0.39 is 0 Å². The summed E-state index contributed by atoms with van der Waals surface area (Å²) < 4.78 is 1.12. The molecule has 114 valence electrons. The Kier molecular flexibility index (Phi) is 8.73. The van der Waals surface area contributed by atoms with E-state index in [9.17, 15) is 5.11 Å². The average Bonchev–Trinajstić information content (AvgIpc) is 2.40. The quantitative estimate of drug-likeness (QED) is 0.815. The molecule has 1 fully saturated rings. The lowest BCUT2D eigenvalue weighted by Gasteiger charge is -2.29. The van der Waals surface area contributed by atoms with Gasteiger partial charge in [0.25, 0.3) is 0 Å². The zero-order chi connectivity index (χ0) is 13.5. The average molecular weight is 364 g/mol. The molecule has 1 aliphatic heterocycles. The number of piperidine rings is 1. The summed E-state index contributed by atoms with van der Waals surface area (Å²) in [5.41, 5.74) is 1.30. The van der Waals surface area contributed by atoms with Gasteiger partial charge in [0.2, 0.25) is 0 Å². The summed E-state index contributed by atoms with van der Waals surface area (Å²) in [7, 11) is 0. The number of nitrogens with one attached hydrogen (secondary N) is 1. The van der Waals surface area contributed by atoms with E-state index in [0.29, 0.717) is 0 Å². The third kappa shape index (κ3) is 6.10. The largest absolute Gasteiger partial charge is 0.395 e. The normalized spacial score (nSPS) is 16.1. The van der Waals surface area contributed by atoms with Gasteiger partial charge in [-0.1, -0.05) is 28.1 Å². The number of benzene rings is 1. The fourth-order valence-electron chi connectivity index (χ4n) is 2.70. The second-order valence-electron chi connectivity index (χ2n) is 5.28. The molecule has 0 spiro atoms. The number of rotatable bonds is 6. The highest BCUT2D eigenvalue weighted by atomic mass is 79.9. The number of nitrogens with zero attached hydrogens (tertiary/aromatic N) is 1. The molecule has 0 amide bonds. The smallest absolute Gasteiger partial charge is 0.0558 e. The van der Waals surface area contributed by atoms with Crippen LogP contribution in [0, 0.1) is 5.92 Å². The fraction of sp³-hybridized carbons (Fsp3) is 0.600. The van der Waals surface area contributed by atoms with Crippen LogP contribution in [0.4, 0.5) is 0 Å². The van der Waals surface area contributed by atoms with Gasteiger partial charge in [-0.3, -0.25) is 4.90 Å². The summed E-state index contributed by atoms with van der Waals surface area (Å²) in [6.07, 6.45) is 2.50. The highest BCUT2D eigenvalue weighted by molar-refractivity contribution is 9.10. The van der Waals surface area contributed by atoms with E-state index in [1.807, 2.05) is 6.07 Å². The summed E-state index contributed by atoms with van der Waals surface area (Å²) in [5.74, 6) is 0.764. The van der Waals surface area contributed by atoms with Crippen LogP contribution in [0.2, 0.25) is 0 Å². The molecule has 1 aromatic rings. The Balaban J connectivity index is 0.00000200. The van der Waals surface area contributed by atoms with Crippen molar-refractivity contribution in [3.8, 4) is 0 Å². The first-order valence-electron chi connectivity index (χ1n) is 7.06. The van der Waals surface area contributed by atoms with Crippen molar-refractivity contribution in [2.45, 2.75) is 19.4 Å². The molecule has 0 unspecified atom stereocenters. The maximum atomic E-state index is 9.24. The first kappa shape index (κ1) is 17.9. The summed E-state index contributed by atoms with van der Waals surface area (Å²) in [4.78, 5) is 2.37. The van der Waals surface area contributed by atoms with Crippen molar-refractivity contribution in [2.75, 3.05) is 32.8 Å². The predicted molar refractivity (Wildman–Crippen MR) is 89.3 cm³/mol. The number of hydrogen-bond acceptors (Lipinski definition) is 3. The van der Waals surface area contributed by atoms with Crippen LogP contribution in [0.3, 0.4) is 0 Å². The molecule has 2 N–H and O–H groups in total. The number of aliphatic hydroxyl groups is 1. The van der Waals surface area contributed by atoms with E-state index in [1.54, 1.807) is 0 Å². The summed E-state index contributed by atoms with van der Waals surface area (Å²) in [5, 5.41) is 12.6. The lowest BCUT2D eigenvalue weighted by atomic mass is 9.97. The van der Waals surface area contributed by atoms with Crippen LogP contribution in [0.1, 0.15) is 18.4 Å². The Morgan fingerprint density at radius 3 is 2.70 bits per heavy atom. The fourth-order valence-corrected chi connectivity index (χ4v) is 3.15. The molecule has 2 rings (SSSR count). The van der Waals surface area contributed by atoms with Crippen molar-refractivity contribution < 1.29 is 5.11 Å². The predicted octanol–water partition coefficient (Wildman–Crippen LogP) is 2.66. The van der Waals surface area contributed by atoms with Gasteiger partial charge in [0, 0.05) is 24.1 Å². The highest BCUT2D eigenvalue weighted by Crippen LogP contribution is 2.17. The molecule has 1 aromatic carbocycles. The molecule has 0 bridgehead atoms. The van der Waals surface area contributed by atoms with Gasteiger partial charge in [0.1, 0.15) is 0 Å². The molecule has 0 saturated carbocycles. The Labute approximate surface area is 136 Å². The highest BCUT2D eigenvalue weighted by Gasteiger charge is 2.17. The molecule has 3 nitrogen and oxygen atoms in total. The number of halogens is 2. The molecule has 5 heteroatoms. The van der Waals surface area contributed by atoms with Crippen LogP contribution < -0.4 is 5.32 Å². The second kappa shape index (κ2) is 9.74. The molecular formula is C15H24BrClN2O. The van der Waals surface area contributed by atoms with Crippen molar-refractivity contribution in [3.05, 3.63) is 34.3 Å².